The molecule has 2 aromatic rings. The van der Waals surface area contributed by atoms with Gasteiger partial charge in [-0.15, -0.1) is 0 Å². The lowest BCUT2D eigenvalue weighted by Gasteiger charge is -2.11. The van der Waals surface area contributed by atoms with Gasteiger partial charge in [-0.1, -0.05) is 11.6 Å². The van der Waals surface area contributed by atoms with Crippen molar-refractivity contribution in [3.8, 4) is 5.75 Å². The summed E-state index contributed by atoms with van der Waals surface area (Å²) in [4.78, 5) is 22.1. The van der Waals surface area contributed by atoms with Gasteiger partial charge in [-0.3, -0.25) is 14.9 Å². The maximum atomic E-state index is 12.0. The molecule has 23 heavy (non-hydrogen) atoms. The summed E-state index contributed by atoms with van der Waals surface area (Å²) in [5.74, 6) is -0.0915. The maximum absolute atomic E-state index is 12.0. The van der Waals surface area contributed by atoms with E-state index in [0.29, 0.717) is 10.7 Å². The van der Waals surface area contributed by atoms with Gasteiger partial charge in [0.05, 0.1) is 30.3 Å². The molecular weight excluding hydrogens is 322 g/mol. The topological polar surface area (TPSA) is 93.5 Å². The molecule has 0 aromatic heterocycles. The smallest absolute Gasteiger partial charge is 0.273 e. The molecule has 0 aliphatic heterocycles. The summed E-state index contributed by atoms with van der Waals surface area (Å²) in [6.07, 6.45) is 0. The second-order valence-corrected chi connectivity index (χ2v) is 4.99. The summed E-state index contributed by atoms with van der Waals surface area (Å²) < 4.78 is 5.06. The van der Waals surface area contributed by atoms with Gasteiger partial charge in [0.25, 0.3) is 5.69 Å². The molecule has 0 spiro atoms. The van der Waals surface area contributed by atoms with Gasteiger partial charge < -0.3 is 15.4 Å². The van der Waals surface area contributed by atoms with Gasteiger partial charge in [0.2, 0.25) is 5.91 Å². The second-order valence-electron chi connectivity index (χ2n) is 4.55. The lowest BCUT2D eigenvalue weighted by molar-refractivity contribution is -0.384. The van der Waals surface area contributed by atoms with E-state index in [-0.39, 0.29) is 23.9 Å². The Bertz CT molecular complexity index is 719. The average Bonchev–Trinajstić information content (AvgIpc) is 2.54. The highest BCUT2D eigenvalue weighted by molar-refractivity contribution is 6.30. The van der Waals surface area contributed by atoms with Crippen molar-refractivity contribution >= 4 is 34.6 Å². The predicted molar refractivity (Wildman–Crippen MR) is 88.2 cm³/mol. The van der Waals surface area contributed by atoms with Crippen LogP contribution in [0.25, 0.3) is 0 Å². The van der Waals surface area contributed by atoms with Crippen molar-refractivity contribution in [1.29, 1.82) is 0 Å². The van der Waals surface area contributed by atoms with Crippen molar-refractivity contribution < 1.29 is 14.5 Å². The minimum atomic E-state index is -0.532. The standard InChI is InChI=1S/C15H14ClN3O4/c1-23-14-8-12(19(21)22)6-7-13(14)18-15(20)9-17-11-4-2-10(16)3-5-11/h2-8,17H,9H2,1H3,(H,18,20). The summed E-state index contributed by atoms with van der Waals surface area (Å²) in [6, 6.07) is 10.9. The van der Waals surface area contributed by atoms with E-state index in [9.17, 15) is 14.9 Å². The number of hydrogen-bond acceptors (Lipinski definition) is 5. The molecule has 0 saturated heterocycles. The van der Waals surface area contributed by atoms with Crippen LogP contribution in [-0.4, -0.2) is 24.5 Å². The number of benzene rings is 2. The highest BCUT2D eigenvalue weighted by atomic mass is 35.5. The third kappa shape index (κ3) is 4.58. The summed E-state index contributed by atoms with van der Waals surface area (Å²) >= 11 is 5.78. The Morgan fingerprint density at radius 3 is 2.57 bits per heavy atom. The number of methoxy groups -OCH3 is 1. The third-order valence-corrected chi connectivity index (χ3v) is 3.22. The normalized spacial score (nSPS) is 10.0. The van der Waals surface area contributed by atoms with Gasteiger partial charge in [-0.2, -0.15) is 0 Å². The summed E-state index contributed by atoms with van der Waals surface area (Å²) in [5, 5.41) is 16.9. The first-order valence-corrected chi connectivity index (χ1v) is 6.99. The zero-order valence-corrected chi connectivity index (χ0v) is 13.0. The van der Waals surface area contributed by atoms with Crippen molar-refractivity contribution in [3.05, 3.63) is 57.6 Å². The molecular formula is C15H14ClN3O4. The Morgan fingerprint density at radius 1 is 1.26 bits per heavy atom. The number of halogens is 1. The Balaban J connectivity index is 1.99. The summed E-state index contributed by atoms with van der Waals surface area (Å²) in [7, 11) is 1.38. The molecule has 7 nitrogen and oxygen atoms in total. The molecule has 8 heteroatoms. The van der Waals surface area contributed by atoms with Crippen LogP contribution in [0.5, 0.6) is 5.75 Å². The SMILES string of the molecule is COc1cc([N+](=O)[O-])ccc1NC(=O)CNc1ccc(Cl)cc1. The first-order chi connectivity index (χ1) is 11.0. The van der Waals surface area contributed by atoms with Crippen LogP contribution < -0.4 is 15.4 Å². The lowest BCUT2D eigenvalue weighted by Crippen LogP contribution is -2.22. The van der Waals surface area contributed by atoms with E-state index >= 15 is 0 Å². The molecule has 2 aromatic carbocycles. The summed E-state index contributed by atoms with van der Waals surface area (Å²) in [6.45, 7) is 0.0295. The zero-order valence-electron chi connectivity index (χ0n) is 12.2. The molecule has 0 saturated carbocycles. The van der Waals surface area contributed by atoms with E-state index in [0.717, 1.165) is 5.69 Å². The molecule has 0 atom stereocenters. The minimum absolute atomic E-state index is 0.0295. The molecule has 0 aliphatic rings. The fourth-order valence-corrected chi connectivity index (χ4v) is 1.97. The van der Waals surface area contributed by atoms with Crippen LogP contribution in [0.15, 0.2) is 42.5 Å². The number of anilines is 2. The van der Waals surface area contributed by atoms with Crippen molar-refractivity contribution in [3.63, 3.8) is 0 Å². The number of hydrogen-bond donors (Lipinski definition) is 2. The number of non-ortho nitro benzene ring substituents is 1. The van der Waals surface area contributed by atoms with E-state index in [4.69, 9.17) is 16.3 Å². The Labute approximate surface area is 137 Å². The molecule has 2 N–H and O–H groups in total. The Morgan fingerprint density at radius 2 is 1.96 bits per heavy atom. The number of amides is 1. The Hall–Kier alpha value is -2.80. The van der Waals surface area contributed by atoms with Crippen molar-refractivity contribution in [2.75, 3.05) is 24.3 Å². The fourth-order valence-electron chi connectivity index (χ4n) is 1.84. The van der Waals surface area contributed by atoms with Crippen LogP contribution >= 0.6 is 11.6 Å². The monoisotopic (exact) mass is 335 g/mol. The fraction of sp³-hybridized carbons (Fsp3) is 0.133. The molecule has 1 amide bonds. The molecule has 0 radical (unpaired) electrons. The first kappa shape index (κ1) is 16.6. The third-order valence-electron chi connectivity index (χ3n) is 2.97. The quantitative estimate of drug-likeness (QED) is 0.624. The zero-order chi connectivity index (χ0) is 16.8. The van der Waals surface area contributed by atoms with E-state index in [1.807, 2.05) is 0 Å². The average molecular weight is 336 g/mol. The molecule has 0 heterocycles. The van der Waals surface area contributed by atoms with Crippen LogP contribution in [0.4, 0.5) is 17.1 Å². The lowest BCUT2D eigenvalue weighted by atomic mass is 10.2. The van der Waals surface area contributed by atoms with Gasteiger partial charge in [0.1, 0.15) is 5.75 Å². The molecule has 120 valence electrons. The van der Waals surface area contributed by atoms with E-state index in [1.54, 1.807) is 24.3 Å². The second kappa shape index (κ2) is 7.46. The predicted octanol–water partition coefficient (Wildman–Crippen LogP) is 3.31. The van der Waals surface area contributed by atoms with Gasteiger partial charge in [0.15, 0.2) is 0 Å². The van der Waals surface area contributed by atoms with Gasteiger partial charge in [-0.05, 0) is 30.3 Å². The van der Waals surface area contributed by atoms with Gasteiger partial charge >= 0.3 is 0 Å². The van der Waals surface area contributed by atoms with Gasteiger partial charge in [-0.25, -0.2) is 0 Å². The van der Waals surface area contributed by atoms with Crippen LogP contribution in [0.2, 0.25) is 5.02 Å². The molecule has 0 fully saturated rings. The Kier molecular flexibility index (Phi) is 5.37. The van der Waals surface area contributed by atoms with Crippen molar-refractivity contribution in [1.82, 2.24) is 0 Å². The van der Waals surface area contributed by atoms with Gasteiger partial charge in [0, 0.05) is 16.8 Å². The molecule has 2 rings (SSSR count). The van der Waals surface area contributed by atoms with Crippen LogP contribution in [-0.2, 0) is 4.79 Å². The molecule has 0 unspecified atom stereocenters. The largest absolute Gasteiger partial charge is 0.494 e. The van der Waals surface area contributed by atoms with Crippen LogP contribution in [0, 0.1) is 10.1 Å². The number of nitrogens with zero attached hydrogens (tertiary/aromatic N) is 1. The first-order valence-electron chi connectivity index (χ1n) is 6.61. The highest BCUT2D eigenvalue weighted by Crippen LogP contribution is 2.28. The van der Waals surface area contributed by atoms with Crippen LogP contribution in [0.3, 0.4) is 0 Å². The van der Waals surface area contributed by atoms with E-state index < -0.39 is 4.92 Å². The van der Waals surface area contributed by atoms with E-state index in [1.165, 1.54) is 25.3 Å². The maximum Gasteiger partial charge on any atom is 0.273 e. The number of carbonyl (C=O) groups is 1. The number of nitrogens with one attached hydrogen (secondary N) is 2. The minimum Gasteiger partial charge on any atom is -0.494 e. The number of nitro groups is 1. The summed E-state index contributed by atoms with van der Waals surface area (Å²) in [5.41, 5.74) is 1.00. The van der Waals surface area contributed by atoms with Crippen molar-refractivity contribution in [2.45, 2.75) is 0 Å². The van der Waals surface area contributed by atoms with E-state index in [2.05, 4.69) is 10.6 Å². The highest BCUT2D eigenvalue weighted by Gasteiger charge is 2.13. The molecule has 0 aliphatic carbocycles. The number of carbonyl (C=O) groups excluding carboxylic acids is 1. The van der Waals surface area contributed by atoms with Crippen LogP contribution in [0.1, 0.15) is 0 Å². The number of ether oxygens (including phenoxy) is 1. The molecule has 0 bridgehead atoms. The number of nitro benzene ring substituents is 1. The number of rotatable bonds is 6. The van der Waals surface area contributed by atoms with Crippen molar-refractivity contribution in [2.24, 2.45) is 0 Å².